The lowest BCUT2D eigenvalue weighted by atomic mass is 9.97. The number of fused-ring (bicyclic) bond motifs is 1. The smallest absolute Gasteiger partial charge is 0.185 e. The van der Waals surface area contributed by atoms with Crippen LogP contribution in [0.25, 0.3) is 5.65 Å². The van der Waals surface area contributed by atoms with Crippen LogP contribution in [0.1, 0.15) is 51.8 Å². The fourth-order valence-electron chi connectivity index (χ4n) is 3.74. The van der Waals surface area contributed by atoms with Gasteiger partial charge in [-0.05, 0) is 49.1 Å². The van der Waals surface area contributed by atoms with Crippen LogP contribution >= 0.6 is 0 Å². The van der Waals surface area contributed by atoms with Gasteiger partial charge in [0.2, 0.25) is 0 Å². The van der Waals surface area contributed by atoms with E-state index in [1.165, 1.54) is 0 Å². The molecule has 0 amide bonds. The van der Waals surface area contributed by atoms with E-state index in [0.717, 1.165) is 54.2 Å². The van der Waals surface area contributed by atoms with Gasteiger partial charge < -0.3 is 13.9 Å². The van der Waals surface area contributed by atoms with Crippen LogP contribution in [0.4, 0.5) is 0 Å². The average molecular weight is 379 g/mol. The third kappa shape index (κ3) is 3.98. The predicted octanol–water partition coefficient (Wildman–Crippen LogP) is 3.50. The van der Waals surface area contributed by atoms with Crippen LogP contribution in [-0.2, 0) is 22.5 Å². The molecule has 1 saturated heterocycles. The summed E-state index contributed by atoms with van der Waals surface area (Å²) < 4.78 is 12.9. The van der Waals surface area contributed by atoms with Crippen molar-refractivity contribution >= 4 is 11.4 Å². The minimum atomic E-state index is 0.00479. The van der Waals surface area contributed by atoms with Crippen LogP contribution in [0.15, 0.2) is 36.7 Å². The molecule has 1 fully saturated rings. The topological polar surface area (TPSA) is 65.7 Å². The summed E-state index contributed by atoms with van der Waals surface area (Å²) in [6.07, 6.45) is 6.38. The van der Waals surface area contributed by atoms with Crippen molar-refractivity contribution in [1.29, 1.82) is 0 Å². The lowest BCUT2D eigenvalue weighted by Crippen LogP contribution is -2.14. The molecule has 28 heavy (non-hydrogen) atoms. The Labute approximate surface area is 164 Å². The van der Waals surface area contributed by atoms with Gasteiger partial charge in [0.25, 0.3) is 0 Å². The van der Waals surface area contributed by atoms with Gasteiger partial charge in [-0.1, -0.05) is 6.07 Å². The standard InChI is InChI=1S/C22H25N3O3/c1-15-4-3-5-19(23-15)21(26)10-17-12-25-13-20(16-6-8-28-9-7-16)24-22(25)11-18(17)14-27-2/h3-5,11-13,16H,6-10,14H2,1-2H3. The third-order valence-electron chi connectivity index (χ3n) is 5.25. The molecule has 4 rings (SSSR count). The predicted molar refractivity (Wildman–Crippen MR) is 106 cm³/mol. The molecule has 3 aromatic heterocycles. The van der Waals surface area contributed by atoms with Gasteiger partial charge >= 0.3 is 0 Å². The van der Waals surface area contributed by atoms with Crippen molar-refractivity contribution in [2.24, 2.45) is 0 Å². The van der Waals surface area contributed by atoms with Crippen LogP contribution in [-0.4, -0.2) is 40.5 Å². The summed E-state index contributed by atoms with van der Waals surface area (Å²) in [7, 11) is 1.66. The number of Topliss-reactive ketones (excluding diaryl/α,β-unsaturated/α-hetero) is 1. The molecule has 0 saturated carbocycles. The van der Waals surface area contributed by atoms with Crippen molar-refractivity contribution in [3.8, 4) is 0 Å². The van der Waals surface area contributed by atoms with Crippen molar-refractivity contribution in [3.63, 3.8) is 0 Å². The van der Waals surface area contributed by atoms with Gasteiger partial charge in [0.15, 0.2) is 5.78 Å². The molecule has 6 heteroatoms. The summed E-state index contributed by atoms with van der Waals surface area (Å²) in [5.74, 6) is 0.436. The Kier molecular flexibility index (Phi) is 5.50. The van der Waals surface area contributed by atoms with E-state index in [9.17, 15) is 4.79 Å². The van der Waals surface area contributed by atoms with Gasteiger partial charge in [-0.15, -0.1) is 0 Å². The molecule has 0 radical (unpaired) electrons. The molecule has 1 aliphatic heterocycles. The SMILES string of the molecule is COCc1cc2nc(C3CCOCC3)cn2cc1CC(=O)c1cccc(C)n1. The van der Waals surface area contributed by atoms with Crippen molar-refractivity contribution < 1.29 is 14.3 Å². The molecule has 1 aliphatic rings. The maximum absolute atomic E-state index is 12.8. The summed E-state index contributed by atoms with van der Waals surface area (Å²) >= 11 is 0. The fourth-order valence-corrected chi connectivity index (χ4v) is 3.74. The van der Waals surface area contributed by atoms with Gasteiger partial charge in [-0.25, -0.2) is 4.98 Å². The van der Waals surface area contributed by atoms with Gasteiger partial charge in [0.1, 0.15) is 11.3 Å². The maximum Gasteiger partial charge on any atom is 0.185 e. The highest BCUT2D eigenvalue weighted by Gasteiger charge is 2.20. The molecule has 0 aliphatic carbocycles. The Hall–Kier alpha value is -2.57. The first-order valence-corrected chi connectivity index (χ1v) is 9.68. The molecule has 4 heterocycles. The third-order valence-corrected chi connectivity index (χ3v) is 5.25. The molecule has 0 unspecified atom stereocenters. The summed E-state index contributed by atoms with van der Waals surface area (Å²) in [5.41, 5.74) is 5.25. The molecule has 146 valence electrons. The molecule has 0 spiro atoms. The number of carbonyl (C=O) groups excluding carboxylic acids is 1. The molecule has 0 bridgehead atoms. The minimum Gasteiger partial charge on any atom is -0.381 e. The first-order chi connectivity index (χ1) is 13.6. The summed E-state index contributed by atoms with van der Waals surface area (Å²) in [6.45, 7) is 3.91. The minimum absolute atomic E-state index is 0.00479. The van der Waals surface area contributed by atoms with E-state index in [1.54, 1.807) is 13.2 Å². The Morgan fingerprint density at radius 2 is 2.04 bits per heavy atom. The van der Waals surface area contributed by atoms with E-state index >= 15 is 0 Å². The van der Waals surface area contributed by atoms with Gasteiger partial charge in [0, 0.05) is 50.7 Å². The highest BCUT2D eigenvalue weighted by atomic mass is 16.5. The van der Waals surface area contributed by atoms with Gasteiger partial charge in [0.05, 0.1) is 12.3 Å². The molecular formula is C22H25N3O3. The van der Waals surface area contributed by atoms with E-state index in [2.05, 4.69) is 11.2 Å². The molecule has 3 aromatic rings. The fraction of sp³-hybridized carbons (Fsp3) is 0.409. The summed E-state index contributed by atoms with van der Waals surface area (Å²) in [6, 6.07) is 7.55. The first-order valence-electron chi connectivity index (χ1n) is 9.68. The molecule has 6 nitrogen and oxygen atoms in total. The number of nitrogens with zero attached hydrogens (tertiary/aromatic N) is 3. The Bertz CT molecular complexity index is 990. The normalized spacial score (nSPS) is 15.2. The highest BCUT2D eigenvalue weighted by molar-refractivity contribution is 5.96. The Morgan fingerprint density at radius 1 is 1.21 bits per heavy atom. The van der Waals surface area contributed by atoms with Crippen LogP contribution < -0.4 is 0 Å². The molecular weight excluding hydrogens is 354 g/mol. The van der Waals surface area contributed by atoms with Crippen LogP contribution in [0.2, 0.25) is 0 Å². The van der Waals surface area contributed by atoms with Gasteiger partial charge in [-0.2, -0.15) is 0 Å². The molecule has 0 atom stereocenters. The monoisotopic (exact) mass is 379 g/mol. The largest absolute Gasteiger partial charge is 0.381 e. The number of rotatable bonds is 6. The number of imidazole rings is 1. The second kappa shape index (κ2) is 8.20. The first kappa shape index (κ1) is 18.8. The number of aryl methyl sites for hydroxylation is 1. The zero-order valence-corrected chi connectivity index (χ0v) is 16.4. The number of aromatic nitrogens is 3. The van der Waals surface area contributed by atoms with E-state index in [4.69, 9.17) is 14.5 Å². The van der Waals surface area contributed by atoms with Crippen molar-refractivity contribution in [1.82, 2.24) is 14.4 Å². The van der Waals surface area contributed by atoms with Crippen LogP contribution in [0.3, 0.4) is 0 Å². The van der Waals surface area contributed by atoms with Crippen molar-refractivity contribution in [2.75, 3.05) is 20.3 Å². The maximum atomic E-state index is 12.8. The lowest BCUT2D eigenvalue weighted by Gasteiger charge is -2.19. The van der Waals surface area contributed by atoms with Crippen LogP contribution in [0.5, 0.6) is 0 Å². The number of pyridine rings is 2. The molecule has 0 N–H and O–H groups in total. The zero-order chi connectivity index (χ0) is 19.5. The Morgan fingerprint density at radius 3 is 2.79 bits per heavy atom. The number of carbonyl (C=O) groups is 1. The van der Waals surface area contributed by atoms with Crippen LogP contribution in [0, 0.1) is 6.92 Å². The highest BCUT2D eigenvalue weighted by Crippen LogP contribution is 2.27. The van der Waals surface area contributed by atoms with Gasteiger partial charge in [-0.3, -0.25) is 9.78 Å². The number of methoxy groups -OCH3 is 1. The zero-order valence-electron chi connectivity index (χ0n) is 16.4. The van der Waals surface area contributed by atoms with Crippen molar-refractivity contribution in [3.05, 3.63) is 64.9 Å². The van der Waals surface area contributed by atoms with Crippen molar-refractivity contribution in [2.45, 2.75) is 38.7 Å². The second-order valence-electron chi connectivity index (χ2n) is 7.34. The summed E-state index contributed by atoms with van der Waals surface area (Å²) in [5, 5.41) is 0. The van der Waals surface area contributed by atoms with E-state index in [0.29, 0.717) is 18.2 Å². The number of hydrogen-bond acceptors (Lipinski definition) is 5. The number of ether oxygens (including phenoxy) is 2. The van der Waals surface area contributed by atoms with E-state index < -0.39 is 0 Å². The quantitative estimate of drug-likeness (QED) is 0.613. The molecule has 0 aromatic carbocycles. The average Bonchev–Trinajstić information content (AvgIpc) is 3.12. The van der Waals surface area contributed by atoms with E-state index in [-0.39, 0.29) is 12.2 Å². The Balaban J connectivity index is 1.65. The van der Waals surface area contributed by atoms with E-state index in [1.807, 2.05) is 35.7 Å². The second-order valence-corrected chi connectivity index (χ2v) is 7.34. The lowest BCUT2D eigenvalue weighted by molar-refractivity contribution is 0.0846. The number of ketones is 1. The summed E-state index contributed by atoms with van der Waals surface area (Å²) in [4.78, 5) is 22.0. The number of hydrogen-bond donors (Lipinski definition) is 0.